The first kappa shape index (κ1) is 24.2. The number of hydrogen-bond acceptors (Lipinski definition) is 5. The number of aryl methyl sites for hydroxylation is 1. The van der Waals surface area contributed by atoms with Crippen LogP contribution in [-0.2, 0) is 14.3 Å². The molecule has 2 amide bonds. The third-order valence-corrected chi connectivity index (χ3v) is 5.70. The van der Waals surface area contributed by atoms with Gasteiger partial charge in [-0.15, -0.1) is 0 Å². The van der Waals surface area contributed by atoms with E-state index in [0.717, 1.165) is 11.1 Å². The first-order valence-electron chi connectivity index (χ1n) is 10.5. The first-order valence-corrected chi connectivity index (χ1v) is 10.9. The summed E-state index contributed by atoms with van der Waals surface area (Å²) in [5.74, 6) is -0.434. The van der Waals surface area contributed by atoms with Crippen LogP contribution in [0.25, 0.3) is 0 Å². The van der Waals surface area contributed by atoms with Gasteiger partial charge < -0.3 is 30.3 Å². The van der Waals surface area contributed by atoms with Gasteiger partial charge in [-0.25, -0.2) is 9.59 Å². The average molecular weight is 469 g/mol. The number of rotatable bonds is 7. The second kappa shape index (κ2) is 10.9. The Balaban J connectivity index is 1.74. The molecule has 3 rings (SSSR count). The van der Waals surface area contributed by atoms with Gasteiger partial charge in [0.05, 0.1) is 18.2 Å². The van der Waals surface area contributed by atoms with Crippen LogP contribution in [0, 0.1) is 6.92 Å². The molecule has 33 heavy (non-hydrogen) atoms. The Bertz CT molecular complexity index is 1050. The summed E-state index contributed by atoms with van der Waals surface area (Å²) in [5, 5.41) is 9.31. The van der Waals surface area contributed by atoms with Crippen LogP contribution in [0.2, 0.25) is 0 Å². The van der Waals surface area contributed by atoms with Gasteiger partial charge in [-0.1, -0.05) is 29.8 Å². The second-order valence-electron chi connectivity index (χ2n) is 7.64. The van der Waals surface area contributed by atoms with E-state index in [-0.39, 0.29) is 12.6 Å². The van der Waals surface area contributed by atoms with Crippen LogP contribution >= 0.6 is 12.2 Å². The summed E-state index contributed by atoms with van der Waals surface area (Å²) in [5.41, 5.74) is 4.43. The van der Waals surface area contributed by atoms with Gasteiger partial charge in [-0.05, 0) is 55.9 Å². The molecule has 0 saturated heterocycles. The Morgan fingerprint density at radius 3 is 2.15 bits per heavy atom. The lowest BCUT2D eigenvalue weighted by Gasteiger charge is -2.35. The molecule has 0 aliphatic carbocycles. The van der Waals surface area contributed by atoms with Gasteiger partial charge in [0.2, 0.25) is 0 Å². The van der Waals surface area contributed by atoms with Crippen molar-refractivity contribution in [2.75, 3.05) is 38.0 Å². The SMILES string of the molecule is COCCOC(=O)C1=C(C)N(C)C(=S)NC1c1ccc(NC(=O)Nc2ccc(C)cc2)cc1. The van der Waals surface area contributed by atoms with Crippen molar-refractivity contribution in [2.24, 2.45) is 0 Å². The molecule has 1 heterocycles. The highest BCUT2D eigenvalue weighted by Crippen LogP contribution is 2.31. The molecule has 1 aliphatic heterocycles. The third-order valence-electron chi connectivity index (χ3n) is 5.31. The van der Waals surface area contributed by atoms with Gasteiger partial charge in [0.25, 0.3) is 0 Å². The van der Waals surface area contributed by atoms with E-state index in [1.807, 2.05) is 50.2 Å². The van der Waals surface area contributed by atoms with Crippen molar-refractivity contribution in [1.82, 2.24) is 10.2 Å². The molecule has 9 heteroatoms. The summed E-state index contributed by atoms with van der Waals surface area (Å²) in [6.45, 7) is 4.29. The molecule has 174 valence electrons. The largest absolute Gasteiger partial charge is 0.460 e. The highest BCUT2D eigenvalue weighted by Gasteiger charge is 2.33. The third kappa shape index (κ3) is 6.09. The van der Waals surface area contributed by atoms with Crippen LogP contribution in [0.3, 0.4) is 0 Å². The number of hydrogen-bond donors (Lipinski definition) is 3. The maximum Gasteiger partial charge on any atom is 0.338 e. The number of nitrogens with one attached hydrogen (secondary N) is 3. The van der Waals surface area contributed by atoms with Gasteiger partial charge in [-0.3, -0.25) is 0 Å². The lowest BCUT2D eigenvalue weighted by atomic mass is 9.95. The van der Waals surface area contributed by atoms with Gasteiger partial charge in [0, 0.05) is 31.2 Å². The smallest absolute Gasteiger partial charge is 0.338 e. The molecular weight excluding hydrogens is 440 g/mol. The minimum absolute atomic E-state index is 0.159. The van der Waals surface area contributed by atoms with Crippen molar-refractivity contribution in [3.05, 3.63) is 70.9 Å². The molecule has 2 aromatic carbocycles. The standard InChI is InChI=1S/C24H28N4O4S/c1-15-5-9-18(10-6-15)25-23(30)26-19-11-7-17(8-12-19)21-20(22(29)32-14-13-31-4)16(2)28(3)24(33)27-21/h5-12,21H,13-14H2,1-4H3,(H,27,33)(H2,25,26,30). The Morgan fingerprint density at radius 2 is 1.58 bits per heavy atom. The fourth-order valence-electron chi connectivity index (χ4n) is 3.33. The minimum Gasteiger partial charge on any atom is -0.460 e. The van der Waals surface area contributed by atoms with Crippen molar-refractivity contribution in [1.29, 1.82) is 0 Å². The van der Waals surface area contributed by atoms with Crippen molar-refractivity contribution in [3.63, 3.8) is 0 Å². The molecule has 0 bridgehead atoms. The van der Waals surface area contributed by atoms with Crippen LogP contribution in [0.1, 0.15) is 24.1 Å². The van der Waals surface area contributed by atoms with Gasteiger partial charge >= 0.3 is 12.0 Å². The zero-order valence-corrected chi connectivity index (χ0v) is 19.9. The lowest BCUT2D eigenvalue weighted by Crippen LogP contribution is -2.46. The Labute approximate surface area is 198 Å². The number of urea groups is 1. The van der Waals surface area contributed by atoms with E-state index < -0.39 is 12.0 Å². The summed E-state index contributed by atoms with van der Waals surface area (Å²) in [4.78, 5) is 26.9. The molecular formula is C24H28N4O4S. The molecule has 1 atom stereocenters. The van der Waals surface area contributed by atoms with E-state index in [9.17, 15) is 9.59 Å². The van der Waals surface area contributed by atoms with E-state index in [1.54, 1.807) is 31.2 Å². The molecule has 0 saturated carbocycles. The summed E-state index contributed by atoms with van der Waals surface area (Å²) >= 11 is 5.42. The van der Waals surface area contributed by atoms with Crippen molar-refractivity contribution >= 4 is 40.7 Å². The Hall–Kier alpha value is -3.43. The zero-order valence-electron chi connectivity index (χ0n) is 19.1. The predicted molar refractivity (Wildman–Crippen MR) is 132 cm³/mol. The average Bonchev–Trinajstić information content (AvgIpc) is 2.79. The van der Waals surface area contributed by atoms with Crippen LogP contribution in [0.5, 0.6) is 0 Å². The highest BCUT2D eigenvalue weighted by atomic mass is 32.1. The number of carbonyl (C=O) groups is 2. The number of anilines is 2. The molecule has 1 unspecified atom stereocenters. The number of carbonyl (C=O) groups excluding carboxylic acids is 2. The molecule has 0 radical (unpaired) electrons. The van der Waals surface area contributed by atoms with E-state index in [1.165, 1.54) is 0 Å². The Kier molecular flexibility index (Phi) is 8.02. The van der Waals surface area contributed by atoms with Crippen LogP contribution in [0.15, 0.2) is 59.8 Å². The first-order chi connectivity index (χ1) is 15.8. The summed E-state index contributed by atoms with van der Waals surface area (Å²) < 4.78 is 10.3. The number of amides is 2. The number of allylic oxidation sites excluding steroid dienone is 1. The van der Waals surface area contributed by atoms with Crippen molar-refractivity contribution in [3.8, 4) is 0 Å². The maximum absolute atomic E-state index is 12.8. The van der Waals surface area contributed by atoms with Crippen LogP contribution < -0.4 is 16.0 Å². The summed E-state index contributed by atoms with van der Waals surface area (Å²) in [7, 11) is 3.34. The number of nitrogens with zero attached hydrogens (tertiary/aromatic N) is 1. The van der Waals surface area contributed by atoms with E-state index >= 15 is 0 Å². The van der Waals surface area contributed by atoms with Gasteiger partial charge in [0.1, 0.15) is 6.61 Å². The molecule has 1 aliphatic rings. The molecule has 2 aromatic rings. The number of ether oxygens (including phenoxy) is 2. The van der Waals surface area contributed by atoms with Gasteiger partial charge in [-0.2, -0.15) is 0 Å². The Morgan fingerprint density at radius 1 is 1.00 bits per heavy atom. The topological polar surface area (TPSA) is 91.9 Å². The summed E-state index contributed by atoms with van der Waals surface area (Å²) in [6, 6.07) is 13.9. The van der Waals surface area contributed by atoms with Crippen molar-refractivity contribution < 1.29 is 19.1 Å². The lowest BCUT2D eigenvalue weighted by molar-refractivity contribution is -0.140. The number of esters is 1. The zero-order chi connectivity index (χ0) is 24.0. The highest BCUT2D eigenvalue weighted by molar-refractivity contribution is 7.80. The number of methoxy groups -OCH3 is 1. The quantitative estimate of drug-likeness (QED) is 0.322. The number of benzene rings is 2. The molecule has 0 spiro atoms. The summed E-state index contributed by atoms with van der Waals surface area (Å²) in [6.07, 6.45) is 0. The van der Waals surface area contributed by atoms with Crippen LogP contribution in [-0.4, -0.2) is 49.4 Å². The van der Waals surface area contributed by atoms with E-state index in [4.69, 9.17) is 21.7 Å². The monoisotopic (exact) mass is 468 g/mol. The second-order valence-corrected chi connectivity index (χ2v) is 8.02. The van der Waals surface area contributed by atoms with Crippen LogP contribution in [0.4, 0.5) is 16.2 Å². The van der Waals surface area contributed by atoms with Crippen molar-refractivity contribution in [2.45, 2.75) is 19.9 Å². The molecule has 8 nitrogen and oxygen atoms in total. The molecule has 3 N–H and O–H groups in total. The molecule has 0 fully saturated rings. The fraction of sp³-hybridized carbons (Fsp3) is 0.292. The number of thiocarbonyl (C=S) groups is 1. The molecule has 0 aromatic heterocycles. The fourth-order valence-corrected chi connectivity index (χ4v) is 3.59. The van der Waals surface area contributed by atoms with Gasteiger partial charge in [0.15, 0.2) is 5.11 Å². The normalized spacial score (nSPS) is 15.7. The minimum atomic E-state index is -0.473. The van der Waals surface area contributed by atoms with E-state index in [0.29, 0.717) is 34.4 Å². The maximum atomic E-state index is 12.8. The van der Waals surface area contributed by atoms with E-state index in [2.05, 4.69) is 16.0 Å². The predicted octanol–water partition coefficient (Wildman–Crippen LogP) is 3.96.